The van der Waals surface area contributed by atoms with Gasteiger partial charge in [-0.3, -0.25) is 9.59 Å². The number of halogens is 2. The third kappa shape index (κ3) is 5.43. The van der Waals surface area contributed by atoms with Crippen LogP contribution in [0.25, 0.3) is 0 Å². The molecule has 0 aromatic heterocycles. The SMILES string of the molecule is C[C@H](NC(=O)Cc1cc(F)cc(F)c1)C(=O)NC1CNC(c2ccccc2)c2ccccc21. The fraction of sp³-hybridized carbons (Fsp3) is 0.231. The van der Waals surface area contributed by atoms with E-state index in [0.29, 0.717) is 6.54 Å². The van der Waals surface area contributed by atoms with Crippen molar-refractivity contribution in [2.75, 3.05) is 6.54 Å². The van der Waals surface area contributed by atoms with Gasteiger partial charge in [0.15, 0.2) is 0 Å². The second kappa shape index (κ2) is 9.92. The number of nitrogens with one attached hydrogen (secondary N) is 3. The number of carbonyl (C=O) groups excluding carboxylic acids is 2. The van der Waals surface area contributed by atoms with Crippen molar-refractivity contribution < 1.29 is 18.4 Å². The molecule has 0 aliphatic carbocycles. The van der Waals surface area contributed by atoms with Crippen LogP contribution in [0.4, 0.5) is 8.78 Å². The highest BCUT2D eigenvalue weighted by molar-refractivity contribution is 5.88. The summed E-state index contributed by atoms with van der Waals surface area (Å²) in [7, 11) is 0. The molecule has 5 nitrogen and oxygen atoms in total. The maximum Gasteiger partial charge on any atom is 0.242 e. The minimum absolute atomic E-state index is 0.0272. The summed E-state index contributed by atoms with van der Waals surface area (Å²) in [4.78, 5) is 25.1. The maximum absolute atomic E-state index is 13.3. The Morgan fingerprint density at radius 3 is 2.30 bits per heavy atom. The topological polar surface area (TPSA) is 70.2 Å². The van der Waals surface area contributed by atoms with Crippen LogP contribution in [0.2, 0.25) is 0 Å². The fourth-order valence-electron chi connectivity index (χ4n) is 4.17. The fourth-order valence-corrected chi connectivity index (χ4v) is 4.17. The molecular weight excluding hydrogens is 424 g/mol. The van der Waals surface area contributed by atoms with Crippen LogP contribution < -0.4 is 16.0 Å². The number of carbonyl (C=O) groups is 2. The Kier molecular flexibility index (Phi) is 6.79. The molecule has 0 spiro atoms. The standard InChI is InChI=1S/C26H25F2N3O2/c1-16(30-24(32)13-17-11-19(27)14-20(28)12-17)26(33)31-23-15-29-25(18-7-3-2-4-8-18)22-10-6-5-9-21(22)23/h2-12,14,16,23,25,29H,13,15H2,1H3,(H,30,32)(H,31,33)/t16-,23?,25?/m0/s1. The van der Waals surface area contributed by atoms with Crippen LogP contribution in [0.3, 0.4) is 0 Å². The average Bonchev–Trinajstić information content (AvgIpc) is 2.79. The summed E-state index contributed by atoms with van der Waals surface area (Å²) in [6.07, 6.45) is -0.223. The largest absolute Gasteiger partial charge is 0.346 e. The molecule has 0 saturated heterocycles. The predicted molar refractivity (Wildman–Crippen MR) is 121 cm³/mol. The number of rotatable bonds is 6. The van der Waals surface area contributed by atoms with Gasteiger partial charge in [0, 0.05) is 12.6 Å². The first kappa shape index (κ1) is 22.6. The summed E-state index contributed by atoms with van der Waals surface area (Å²) in [5.74, 6) is -2.33. The van der Waals surface area contributed by atoms with Crippen molar-refractivity contribution in [1.29, 1.82) is 0 Å². The summed E-state index contributed by atoms with van der Waals surface area (Å²) >= 11 is 0. The lowest BCUT2D eigenvalue weighted by molar-refractivity contribution is -0.128. The van der Waals surface area contributed by atoms with Crippen LogP contribution in [0, 0.1) is 11.6 Å². The molecule has 2 amide bonds. The van der Waals surface area contributed by atoms with Crippen molar-refractivity contribution in [1.82, 2.24) is 16.0 Å². The van der Waals surface area contributed by atoms with Crippen molar-refractivity contribution >= 4 is 11.8 Å². The number of benzene rings is 3. The normalized spacial score (nSPS) is 18.2. The van der Waals surface area contributed by atoms with E-state index < -0.39 is 23.6 Å². The molecule has 33 heavy (non-hydrogen) atoms. The molecule has 3 aromatic rings. The summed E-state index contributed by atoms with van der Waals surface area (Å²) in [6.45, 7) is 2.11. The third-order valence-corrected chi connectivity index (χ3v) is 5.72. The van der Waals surface area contributed by atoms with Gasteiger partial charge in [-0.1, -0.05) is 54.6 Å². The van der Waals surface area contributed by atoms with E-state index in [4.69, 9.17) is 0 Å². The monoisotopic (exact) mass is 449 g/mol. The first-order valence-corrected chi connectivity index (χ1v) is 10.8. The average molecular weight is 450 g/mol. The van der Waals surface area contributed by atoms with Gasteiger partial charge in [-0.15, -0.1) is 0 Å². The first-order chi connectivity index (χ1) is 15.9. The molecule has 3 aromatic carbocycles. The van der Waals surface area contributed by atoms with Crippen LogP contribution in [0.1, 0.15) is 41.3 Å². The van der Waals surface area contributed by atoms with Gasteiger partial charge in [-0.2, -0.15) is 0 Å². The second-order valence-electron chi connectivity index (χ2n) is 8.19. The molecule has 1 aliphatic heterocycles. The van der Waals surface area contributed by atoms with E-state index in [9.17, 15) is 18.4 Å². The molecule has 0 radical (unpaired) electrons. The van der Waals surface area contributed by atoms with Crippen LogP contribution in [0.5, 0.6) is 0 Å². The Morgan fingerprint density at radius 1 is 0.970 bits per heavy atom. The molecular formula is C26H25F2N3O2. The molecule has 170 valence electrons. The van der Waals surface area contributed by atoms with Gasteiger partial charge in [0.2, 0.25) is 11.8 Å². The van der Waals surface area contributed by atoms with Gasteiger partial charge in [0.25, 0.3) is 0 Å². The molecule has 0 bridgehead atoms. The van der Waals surface area contributed by atoms with Crippen molar-refractivity contribution in [2.24, 2.45) is 0 Å². The van der Waals surface area contributed by atoms with Gasteiger partial charge in [0.05, 0.1) is 18.5 Å². The Bertz CT molecular complexity index is 1130. The smallest absolute Gasteiger partial charge is 0.242 e. The molecule has 2 unspecified atom stereocenters. The van der Waals surface area contributed by atoms with E-state index >= 15 is 0 Å². The lowest BCUT2D eigenvalue weighted by Gasteiger charge is -2.34. The molecule has 7 heteroatoms. The minimum atomic E-state index is -0.810. The van der Waals surface area contributed by atoms with E-state index in [1.165, 1.54) is 0 Å². The van der Waals surface area contributed by atoms with Gasteiger partial charge in [-0.05, 0) is 41.3 Å². The number of fused-ring (bicyclic) bond motifs is 1. The summed E-state index contributed by atoms with van der Waals surface area (Å²) < 4.78 is 26.7. The molecule has 0 saturated carbocycles. The lowest BCUT2D eigenvalue weighted by Crippen LogP contribution is -2.49. The second-order valence-corrected chi connectivity index (χ2v) is 8.19. The summed E-state index contributed by atoms with van der Waals surface area (Å²) in [5, 5.41) is 9.09. The Balaban J connectivity index is 1.40. The third-order valence-electron chi connectivity index (χ3n) is 5.72. The van der Waals surface area contributed by atoms with Gasteiger partial charge in [0.1, 0.15) is 17.7 Å². The zero-order valence-corrected chi connectivity index (χ0v) is 18.1. The van der Waals surface area contributed by atoms with E-state index in [0.717, 1.165) is 34.9 Å². The predicted octanol–water partition coefficient (Wildman–Crippen LogP) is 3.56. The van der Waals surface area contributed by atoms with Gasteiger partial charge < -0.3 is 16.0 Å². The molecule has 1 heterocycles. The minimum Gasteiger partial charge on any atom is -0.346 e. The zero-order valence-electron chi connectivity index (χ0n) is 18.1. The Labute approximate surface area is 191 Å². The lowest BCUT2D eigenvalue weighted by atomic mass is 9.87. The van der Waals surface area contributed by atoms with E-state index in [-0.39, 0.29) is 30.0 Å². The summed E-state index contributed by atoms with van der Waals surface area (Å²) in [5.41, 5.74) is 3.45. The molecule has 3 atom stereocenters. The zero-order chi connectivity index (χ0) is 23.4. The van der Waals surface area contributed by atoms with Gasteiger partial charge >= 0.3 is 0 Å². The quantitative estimate of drug-likeness (QED) is 0.539. The first-order valence-electron chi connectivity index (χ1n) is 10.8. The highest BCUT2D eigenvalue weighted by Crippen LogP contribution is 2.32. The molecule has 1 aliphatic rings. The maximum atomic E-state index is 13.3. The van der Waals surface area contributed by atoms with E-state index in [1.807, 2.05) is 42.5 Å². The van der Waals surface area contributed by atoms with Crippen LogP contribution >= 0.6 is 0 Å². The van der Waals surface area contributed by atoms with Crippen LogP contribution in [-0.2, 0) is 16.0 Å². The van der Waals surface area contributed by atoms with Crippen LogP contribution in [0.15, 0.2) is 72.8 Å². The van der Waals surface area contributed by atoms with Crippen molar-refractivity contribution in [3.05, 3.63) is 107 Å². The van der Waals surface area contributed by atoms with Crippen molar-refractivity contribution in [2.45, 2.75) is 31.5 Å². The Hall–Kier alpha value is -3.58. The highest BCUT2D eigenvalue weighted by atomic mass is 19.1. The molecule has 4 rings (SSSR count). The number of hydrogen-bond acceptors (Lipinski definition) is 3. The summed E-state index contributed by atoms with van der Waals surface area (Å²) in [6, 6.07) is 19.9. The van der Waals surface area contributed by atoms with E-state index in [2.05, 4.69) is 28.1 Å². The van der Waals surface area contributed by atoms with Crippen molar-refractivity contribution in [3.8, 4) is 0 Å². The molecule has 3 N–H and O–H groups in total. The Morgan fingerprint density at radius 2 is 1.61 bits per heavy atom. The number of amides is 2. The highest BCUT2D eigenvalue weighted by Gasteiger charge is 2.29. The van der Waals surface area contributed by atoms with Crippen molar-refractivity contribution in [3.63, 3.8) is 0 Å². The van der Waals surface area contributed by atoms with Crippen LogP contribution in [-0.4, -0.2) is 24.4 Å². The molecule has 0 fully saturated rings. The van der Waals surface area contributed by atoms with Gasteiger partial charge in [-0.25, -0.2) is 8.78 Å². The van der Waals surface area contributed by atoms with E-state index in [1.54, 1.807) is 6.92 Å². The number of hydrogen-bond donors (Lipinski definition) is 3.